The van der Waals surface area contributed by atoms with Crippen LogP contribution in [0.4, 0.5) is 0 Å². The van der Waals surface area contributed by atoms with E-state index in [1.54, 1.807) is 0 Å². The number of amides is 1. The zero-order valence-corrected chi connectivity index (χ0v) is 18.9. The van der Waals surface area contributed by atoms with Crippen LogP contribution in [0.5, 0.6) is 0 Å². The fourth-order valence-electron chi connectivity index (χ4n) is 2.67. The van der Waals surface area contributed by atoms with Gasteiger partial charge in [0, 0.05) is 26.3 Å². The number of ether oxygens (including phenoxy) is 1. The molecule has 5 nitrogen and oxygen atoms in total. The van der Waals surface area contributed by atoms with Gasteiger partial charge in [-0.15, -0.1) is 0 Å². The van der Waals surface area contributed by atoms with Crippen molar-refractivity contribution in [3.8, 4) is 0 Å². The molecule has 1 rings (SSSR count). The van der Waals surface area contributed by atoms with Crippen LogP contribution in [0, 0.1) is 0 Å². The second-order valence-electron chi connectivity index (χ2n) is 7.32. The van der Waals surface area contributed by atoms with Gasteiger partial charge in [-0.05, 0) is 31.4 Å². The van der Waals surface area contributed by atoms with Gasteiger partial charge in [0.2, 0.25) is 5.91 Å². The molecule has 4 N–H and O–H groups in total. The van der Waals surface area contributed by atoms with E-state index in [4.69, 9.17) is 10.5 Å². The van der Waals surface area contributed by atoms with Crippen molar-refractivity contribution in [1.82, 2.24) is 10.6 Å². The quantitative estimate of drug-likeness (QED) is 0.334. The van der Waals surface area contributed by atoms with Crippen LogP contribution in [-0.2, 0) is 16.1 Å². The predicted octanol–water partition coefficient (Wildman–Crippen LogP) is 4.40. The van der Waals surface area contributed by atoms with Gasteiger partial charge in [0.1, 0.15) is 0 Å². The SMILES string of the molecule is CCCCCCCCOCCCNC(=O)CNCc1ccccc1.CCCCN. The summed E-state index contributed by atoms with van der Waals surface area (Å²) in [5.74, 6) is 0.0434. The number of hydrogen-bond acceptors (Lipinski definition) is 4. The van der Waals surface area contributed by atoms with Gasteiger partial charge in [-0.1, -0.05) is 82.7 Å². The van der Waals surface area contributed by atoms with Gasteiger partial charge in [-0.2, -0.15) is 0 Å². The summed E-state index contributed by atoms with van der Waals surface area (Å²) in [4.78, 5) is 11.7. The largest absolute Gasteiger partial charge is 0.381 e. The maximum Gasteiger partial charge on any atom is 0.233 e. The molecule has 1 aromatic carbocycles. The van der Waals surface area contributed by atoms with E-state index in [9.17, 15) is 4.79 Å². The van der Waals surface area contributed by atoms with Crippen LogP contribution in [0.1, 0.15) is 77.2 Å². The van der Waals surface area contributed by atoms with Gasteiger partial charge in [0.15, 0.2) is 0 Å². The van der Waals surface area contributed by atoms with Crippen molar-refractivity contribution in [2.75, 3.05) is 32.8 Å². The third kappa shape index (κ3) is 21.1. The van der Waals surface area contributed by atoms with E-state index < -0.39 is 0 Å². The highest BCUT2D eigenvalue weighted by atomic mass is 16.5. The molecule has 1 aromatic rings. The van der Waals surface area contributed by atoms with Crippen molar-refractivity contribution < 1.29 is 9.53 Å². The smallest absolute Gasteiger partial charge is 0.233 e. The zero-order valence-electron chi connectivity index (χ0n) is 18.9. The van der Waals surface area contributed by atoms with Crippen molar-refractivity contribution >= 4 is 5.91 Å². The molecule has 0 aliphatic carbocycles. The highest BCUT2D eigenvalue weighted by Crippen LogP contribution is 2.04. The number of nitrogens with two attached hydrogens (primary N) is 1. The minimum atomic E-state index is 0.0434. The van der Waals surface area contributed by atoms with Gasteiger partial charge >= 0.3 is 0 Å². The van der Waals surface area contributed by atoms with Crippen LogP contribution < -0.4 is 16.4 Å². The average Bonchev–Trinajstić information content (AvgIpc) is 2.74. The maximum atomic E-state index is 11.7. The highest BCUT2D eigenvalue weighted by Gasteiger charge is 2.00. The van der Waals surface area contributed by atoms with Crippen LogP contribution in [0.15, 0.2) is 30.3 Å². The number of carbonyl (C=O) groups is 1. The first-order chi connectivity index (χ1) is 14.2. The first-order valence-corrected chi connectivity index (χ1v) is 11.5. The third-order valence-corrected chi connectivity index (χ3v) is 4.45. The Bertz CT molecular complexity index is 453. The van der Waals surface area contributed by atoms with E-state index in [0.29, 0.717) is 13.1 Å². The standard InChI is InChI=1S/C20H34N2O2.C4H11N/c1-2-3-4-5-6-10-15-24-16-11-14-22-20(23)18-21-17-19-12-8-7-9-13-19;1-2-3-4-5/h7-9,12-13,21H,2-6,10-11,14-18H2,1H3,(H,22,23);2-5H2,1H3. The first-order valence-electron chi connectivity index (χ1n) is 11.5. The van der Waals surface area contributed by atoms with Crippen LogP contribution >= 0.6 is 0 Å². The van der Waals surface area contributed by atoms with Crippen molar-refractivity contribution in [1.29, 1.82) is 0 Å². The maximum absolute atomic E-state index is 11.7. The Morgan fingerprint density at radius 2 is 1.55 bits per heavy atom. The Balaban J connectivity index is 0.00000139. The van der Waals surface area contributed by atoms with Crippen LogP contribution in [0.25, 0.3) is 0 Å². The molecule has 0 unspecified atom stereocenters. The Kier molecular flexibility index (Phi) is 21.7. The van der Waals surface area contributed by atoms with Gasteiger partial charge in [-0.3, -0.25) is 4.79 Å². The third-order valence-electron chi connectivity index (χ3n) is 4.45. The lowest BCUT2D eigenvalue weighted by molar-refractivity contribution is -0.120. The number of nitrogens with one attached hydrogen (secondary N) is 2. The molecule has 0 saturated heterocycles. The second-order valence-corrected chi connectivity index (χ2v) is 7.32. The minimum Gasteiger partial charge on any atom is -0.381 e. The highest BCUT2D eigenvalue weighted by molar-refractivity contribution is 5.77. The average molecular weight is 408 g/mol. The number of benzene rings is 1. The van der Waals surface area contributed by atoms with Crippen molar-refractivity contribution in [3.05, 3.63) is 35.9 Å². The number of rotatable bonds is 17. The second kappa shape index (κ2) is 22.9. The molecule has 0 bridgehead atoms. The number of carbonyl (C=O) groups excluding carboxylic acids is 1. The summed E-state index contributed by atoms with van der Waals surface area (Å²) in [7, 11) is 0. The van der Waals surface area contributed by atoms with Crippen molar-refractivity contribution in [2.24, 2.45) is 5.73 Å². The van der Waals surface area contributed by atoms with Crippen LogP contribution in [0.3, 0.4) is 0 Å². The molecule has 0 saturated carbocycles. The molecule has 0 atom stereocenters. The van der Waals surface area contributed by atoms with Crippen molar-refractivity contribution in [2.45, 2.75) is 78.2 Å². The fraction of sp³-hybridized carbons (Fsp3) is 0.708. The summed E-state index contributed by atoms with van der Waals surface area (Å²) < 4.78 is 5.59. The Morgan fingerprint density at radius 1 is 0.897 bits per heavy atom. The van der Waals surface area contributed by atoms with Crippen LogP contribution in [-0.4, -0.2) is 38.8 Å². The van der Waals surface area contributed by atoms with Gasteiger partial charge in [0.25, 0.3) is 0 Å². The molecule has 0 aliphatic heterocycles. The Labute approximate surface area is 179 Å². The molecule has 0 heterocycles. The summed E-state index contributed by atoms with van der Waals surface area (Å²) in [5, 5.41) is 6.06. The fourth-order valence-corrected chi connectivity index (χ4v) is 2.67. The van der Waals surface area contributed by atoms with Gasteiger partial charge in [-0.25, -0.2) is 0 Å². The van der Waals surface area contributed by atoms with E-state index >= 15 is 0 Å². The first kappa shape index (κ1) is 27.6. The van der Waals surface area contributed by atoms with Crippen LogP contribution in [0.2, 0.25) is 0 Å². The summed E-state index contributed by atoms with van der Waals surface area (Å²) >= 11 is 0. The van der Waals surface area contributed by atoms with Crippen molar-refractivity contribution in [3.63, 3.8) is 0 Å². The molecular formula is C24H45N3O2. The normalized spacial score (nSPS) is 10.3. The Morgan fingerprint density at radius 3 is 2.21 bits per heavy atom. The molecular weight excluding hydrogens is 362 g/mol. The Hall–Kier alpha value is -1.43. The van der Waals surface area contributed by atoms with Gasteiger partial charge in [0.05, 0.1) is 6.54 Å². The summed E-state index contributed by atoms with van der Waals surface area (Å²) in [6, 6.07) is 10.1. The topological polar surface area (TPSA) is 76.4 Å². The monoisotopic (exact) mass is 407 g/mol. The molecule has 0 spiro atoms. The lowest BCUT2D eigenvalue weighted by atomic mass is 10.1. The van der Waals surface area contributed by atoms with E-state index in [0.717, 1.165) is 39.1 Å². The molecule has 5 heteroatoms. The molecule has 0 radical (unpaired) electrons. The van der Waals surface area contributed by atoms with E-state index in [-0.39, 0.29) is 5.91 Å². The van der Waals surface area contributed by atoms with E-state index in [1.807, 2.05) is 30.3 Å². The number of unbranched alkanes of at least 4 members (excludes halogenated alkanes) is 6. The zero-order chi connectivity index (χ0) is 21.4. The summed E-state index contributed by atoms with van der Waals surface area (Å²) in [5.41, 5.74) is 6.33. The molecule has 29 heavy (non-hydrogen) atoms. The lowest BCUT2D eigenvalue weighted by Gasteiger charge is -2.07. The summed E-state index contributed by atoms with van der Waals surface area (Å²) in [6.07, 6.45) is 11.0. The summed E-state index contributed by atoms with van der Waals surface area (Å²) in [6.45, 7) is 8.54. The van der Waals surface area contributed by atoms with E-state index in [1.165, 1.54) is 50.5 Å². The number of hydrogen-bond donors (Lipinski definition) is 3. The molecule has 0 aliphatic rings. The molecule has 0 aromatic heterocycles. The molecule has 0 fully saturated rings. The van der Waals surface area contributed by atoms with Gasteiger partial charge < -0.3 is 21.1 Å². The molecule has 1 amide bonds. The minimum absolute atomic E-state index is 0.0434. The van der Waals surface area contributed by atoms with E-state index in [2.05, 4.69) is 24.5 Å². The molecule has 168 valence electrons. The lowest BCUT2D eigenvalue weighted by Crippen LogP contribution is -2.34. The predicted molar refractivity (Wildman–Crippen MR) is 124 cm³/mol.